The predicted octanol–water partition coefficient (Wildman–Crippen LogP) is 2.05. The van der Waals surface area contributed by atoms with Gasteiger partial charge < -0.3 is 10.4 Å². The van der Waals surface area contributed by atoms with Crippen molar-refractivity contribution in [3.05, 3.63) is 11.4 Å². The third-order valence-corrected chi connectivity index (χ3v) is 3.92. The number of aromatic nitrogens is 3. The first kappa shape index (κ1) is 14.7. The molecule has 1 fully saturated rings. The number of nitrogens with one attached hydrogen (secondary N) is 1. The lowest BCUT2D eigenvalue weighted by Crippen LogP contribution is -2.30. The molecule has 2 rings (SSSR count). The third kappa shape index (κ3) is 3.43. The molecule has 0 aromatic carbocycles. The van der Waals surface area contributed by atoms with E-state index in [2.05, 4.69) is 27.4 Å². The second-order valence-corrected chi connectivity index (χ2v) is 5.27. The standard InChI is InChI=1S/C14H22N4O2/c1-3-11-12(4-2)17-18-14(16-11)15-10-7-5-9(6-8-10)13(19)20/h9-10H,3-8H2,1-2H3,(H,19,20)(H,15,16,18). The summed E-state index contributed by atoms with van der Waals surface area (Å²) in [4.78, 5) is 15.4. The van der Waals surface area contributed by atoms with Crippen LogP contribution < -0.4 is 5.32 Å². The largest absolute Gasteiger partial charge is 0.481 e. The van der Waals surface area contributed by atoms with Gasteiger partial charge in [0, 0.05) is 6.04 Å². The molecule has 1 heterocycles. The molecule has 20 heavy (non-hydrogen) atoms. The van der Waals surface area contributed by atoms with Gasteiger partial charge in [-0.25, -0.2) is 4.98 Å². The molecule has 0 unspecified atom stereocenters. The van der Waals surface area contributed by atoms with Crippen molar-refractivity contribution in [3.63, 3.8) is 0 Å². The van der Waals surface area contributed by atoms with Crippen molar-refractivity contribution in [1.29, 1.82) is 0 Å². The average molecular weight is 278 g/mol. The number of carbonyl (C=O) groups is 1. The highest BCUT2D eigenvalue weighted by atomic mass is 16.4. The van der Waals surface area contributed by atoms with Gasteiger partial charge in [0.2, 0.25) is 5.95 Å². The molecular weight excluding hydrogens is 256 g/mol. The van der Waals surface area contributed by atoms with Crippen LogP contribution in [-0.2, 0) is 17.6 Å². The van der Waals surface area contributed by atoms with E-state index in [0.29, 0.717) is 18.8 Å². The van der Waals surface area contributed by atoms with Gasteiger partial charge in [-0.15, -0.1) is 5.10 Å². The topological polar surface area (TPSA) is 88.0 Å². The minimum Gasteiger partial charge on any atom is -0.481 e. The van der Waals surface area contributed by atoms with Crippen LogP contribution in [0, 0.1) is 5.92 Å². The zero-order valence-corrected chi connectivity index (χ0v) is 12.1. The monoisotopic (exact) mass is 278 g/mol. The van der Waals surface area contributed by atoms with E-state index in [4.69, 9.17) is 5.11 Å². The summed E-state index contributed by atoms with van der Waals surface area (Å²) in [5.41, 5.74) is 1.94. The Balaban J connectivity index is 1.96. The van der Waals surface area contributed by atoms with Gasteiger partial charge in [0.25, 0.3) is 0 Å². The number of carboxylic acid groups (broad SMARTS) is 1. The van der Waals surface area contributed by atoms with Gasteiger partial charge in [-0.2, -0.15) is 5.10 Å². The summed E-state index contributed by atoms with van der Waals surface area (Å²) in [7, 11) is 0. The molecule has 1 saturated carbocycles. The molecule has 0 atom stereocenters. The lowest BCUT2D eigenvalue weighted by Gasteiger charge is -2.26. The average Bonchev–Trinajstić information content (AvgIpc) is 2.47. The van der Waals surface area contributed by atoms with E-state index in [0.717, 1.165) is 37.1 Å². The van der Waals surface area contributed by atoms with E-state index in [1.807, 2.05) is 6.92 Å². The zero-order chi connectivity index (χ0) is 14.5. The minimum absolute atomic E-state index is 0.194. The molecule has 2 N–H and O–H groups in total. The Hall–Kier alpha value is -1.72. The van der Waals surface area contributed by atoms with Crippen LogP contribution >= 0.6 is 0 Å². The van der Waals surface area contributed by atoms with E-state index >= 15 is 0 Å². The van der Waals surface area contributed by atoms with Crippen molar-refractivity contribution in [2.24, 2.45) is 5.92 Å². The molecule has 110 valence electrons. The molecule has 0 amide bonds. The number of aliphatic carboxylic acids is 1. The third-order valence-electron chi connectivity index (χ3n) is 3.92. The van der Waals surface area contributed by atoms with Gasteiger partial charge in [0.15, 0.2) is 0 Å². The molecule has 1 aromatic heterocycles. The predicted molar refractivity (Wildman–Crippen MR) is 75.6 cm³/mol. The number of hydrogen-bond donors (Lipinski definition) is 2. The molecule has 0 radical (unpaired) electrons. The van der Waals surface area contributed by atoms with Crippen molar-refractivity contribution in [3.8, 4) is 0 Å². The van der Waals surface area contributed by atoms with Gasteiger partial charge in [-0.1, -0.05) is 13.8 Å². The van der Waals surface area contributed by atoms with E-state index in [-0.39, 0.29) is 12.0 Å². The smallest absolute Gasteiger partial charge is 0.306 e. The van der Waals surface area contributed by atoms with E-state index in [1.54, 1.807) is 0 Å². The quantitative estimate of drug-likeness (QED) is 0.857. The summed E-state index contributed by atoms with van der Waals surface area (Å²) in [6, 6.07) is 0.254. The van der Waals surface area contributed by atoms with E-state index in [9.17, 15) is 4.79 Å². The van der Waals surface area contributed by atoms with Gasteiger partial charge in [-0.05, 0) is 38.5 Å². The summed E-state index contributed by atoms with van der Waals surface area (Å²) in [6.45, 7) is 4.11. The Kier molecular flexibility index (Phi) is 4.87. The number of nitrogens with zero attached hydrogens (tertiary/aromatic N) is 3. The van der Waals surface area contributed by atoms with Gasteiger partial charge in [-0.3, -0.25) is 4.79 Å². The van der Waals surface area contributed by atoms with Crippen molar-refractivity contribution in [1.82, 2.24) is 15.2 Å². The van der Waals surface area contributed by atoms with Crippen LogP contribution in [0.1, 0.15) is 50.9 Å². The molecule has 0 aliphatic heterocycles. The van der Waals surface area contributed by atoms with Gasteiger partial charge in [0.05, 0.1) is 17.3 Å². The maximum absolute atomic E-state index is 10.9. The first-order valence-corrected chi connectivity index (χ1v) is 7.35. The molecule has 0 spiro atoms. The second-order valence-electron chi connectivity index (χ2n) is 5.27. The number of hydrogen-bond acceptors (Lipinski definition) is 5. The summed E-state index contributed by atoms with van der Waals surface area (Å²) in [6.07, 6.45) is 4.81. The van der Waals surface area contributed by atoms with Crippen molar-refractivity contribution < 1.29 is 9.90 Å². The minimum atomic E-state index is -0.679. The fourth-order valence-corrected chi connectivity index (χ4v) is 2.67. The maximum Gasteiger partial charge on any atom is 0.306 e. The van der Waals surface area contributed by atoms with Crippen molar-refractivity contribution in [2.45, 2.75) is 58.4 Å². The Morgan fingerprint density at radius 2 is 1.80 bits per heavy atom. The number of aryl methyl sites for hydroxylation is 2. The maximum atomic E-state index is 10.9. The van der Waals surface area contributed by atoms with Crippen LogP contribution in [0.3, 0.4) is 0 Å². The molecule has 1 aromatic rings. The van der Waals surface area contributed by atoms with Gasteiger partial charge >= 0.3 is 5.97 Å². The van der Waals surface area contributed by atoms with Crippen LogP contribution in [0.4, 0.5) is 5.95 Å². The second kappa shape index (κ2) is 6.63. The first-order chi connectivity index (χ1) is 9.63. The molecule has 0 saturated heterocycles. The van der Waals surface area contributed by atoms with Crippen molar-refractivity contribution >= 4 is 11.9 Å². The molecule has 1 aliphatic carbocycles. The lowest BCUT2D eigenvalue weighted by molar-refractivity contribution is -0.142. The molecule has 1 aliphatic rings. The van der Waals surface area contributed by atoms with Crippen LogP contribution in [0.25, 0.3) is 0 Å². The fourth-order valence-electron chi connectivity index (χ4n) is 2.67. The summed E-state index contributed by atoms with van der Waals surface area (Å²) in [5, 5.41) is 20.6. The Bertz CT molecular complexity index is 470. The number of anilines is 1. The lowest BCUT2D eigenvalue weighted by atomic mass is 9.86. The van der Waals surface area contributed by atoms with Crippen LogP contribution in [0.2, 0.25) is 0 Å². The van der Waals surface area contributed by atoms with E-state index < -0.39 is 5.97 Å². The summed E-state index contributed by atoms with van der Waals surface area (Å²) < 4.78 is 0. The molecule has 6 heteroatoms. The SMILES string of the molecule is CCc1nnc(NC2CCC(C(=O)O)CC2)nc1CC. The fraction of sp³-hybridized carbons (Fsp3) is 0.714. The highest BCUT2D eigenvalue weighted by molar-refractivity contribution is 5.70. The Morgan fingerprint density at radius 3 is 2.35 bits per heavy atom. The zero-order valence-electron chi connectivity index (χ0n) is 12.1. The number of rotatable bonds is 5. The van der Waals surface area contributed by atoms with Crippen LogP contribution in [0.5, 0.6) is 0 Å². The number of carboxylic acids is 1. The Labute approximate surface area is 119 Å². The highest BCUT2D eigenvalue weighted by Gasteiger charge is 2.26. The summed E-state index contributed by atoms with van der Waals surface area (Å²) >= 11 is 0. The molecular formula is C14H22N4O2. The van der Waals surface area contributed by atoms with Crippen LogP contribution in [0.15, 0.2) is 0 Å². The highest BCUT2D eigenvalue weighted by Crippen LogP contribution is 2.26. The van der Waals surface area contributed by atoms with Crippen LogP contribution in [-0.4, -0.2) is 32.3 Å². The van der Waals surface area contributed by atoms with Crippen molar-refractivity contribution in [2.75, 3.05) is 5.32 Å². The van der Waals surface area contributed by atoms with Gasteiger partial charge in [0.1, 0.15) is 0 Å². The van der Waals surface area contributed by atoms with E-state index in [1.165, 1.54) is 0 Å². The normalized spacial score (nSPS) is 22.5. The molecule has 6 nitrogen and oxygen atoms in total. The first-order valence-electron chi connectivity index (χ1n) is 7.35. The Morgan fingerprint density at radius 1 is 1.15 bits per heavy atom. The summed E-state index contributed by atoms with van der Waals surface area (Å²) in [5.74, 6) is -0.305. The molecule has 0 bridgehead atoms.